The molecule has 0 heterocycles. The lowest BCUT2D eigenvalue weighted by atomic mass is 9.78. The van der Waals surface area contributed by atoms with Crippen LogP contribution in [0.15, 0.2) is 48.5 Å². The minimum atomic E-state index is -3.94. The molecule has 0 saturated carbocycles. The standard InChI is InChI=1S/C18H22O5S/c1-18(2,14-4-8-16(19)9-5-14)15-6-10-17(11-7-15)23-12-3-13-24(20,21)22/h4-11,19H,3,12-13H2,1-2H3,(H,20,21,22). The molecule has 0 aliphatic rings. The molecule has 5 nitrogen and oxygen atoms in total. The van der Waals surface area contributed by atoms with Gasteiger partial charge in [0, 0.05) is 5.41 Å². The van der Waals surface area contributed by atoms with E-state index in [0.717, 1.165) is 11.1 Å². The molecule has 130 valence electrons. The SMILES string of the molecule is CC(C)(c1ccc(O)cc1)c1ccc(OCCCS(=O)(=O)O)cc1. The van der Waals surface area contributed by atoms with E-state index >= 15 is 0 Å². The fraction of sp³-hybridized carbons (Fsp3) is 0.333. The van der Waals surface area contributed by atoms with Gasteiger partial charge in [-0.05, 0) is 41.8 Å². The average Bonchev–Trinajstić information content (AvgIpc) is 2.51. The van der Waals surface area contributed by atoms with E-state index in [2.05, 4.69) is 13.8 Å². The van der Waals surface area contributed by atoms with Gasteiger partial charge in [0.1, 0.15) is 11.5 Å². The summed E-state index contributed by atoms with van der Waals surface area (Å²) in [6.45, 7) is 4.42. The maximum Gasteiger partial charge on any atom is 0.264 e. The van der Waals surface area contributed by atoms with Crippen LogP contribution < -0.4 is 4.74 Å². The molecule has 0 aromatic heterocycles. The molecular formula is C18H22O5S. The Bertz CT molecular complexity index is 762. The van der Waals surface area contributed by atoms with Crippen LogP contribution in [-0.4, -0.2) is 30.4 Å². The van der Waals surface area contributed by atoms with Crippen LogP contribution in [0.5, 0.6) is 11.5 Å². The molecule has 0 saturated heterocycles. The summed E-state index contributed by atoms with van der Waals surface area (Å²) in [6, 6.07) is 14.7. The number of benzene rings is 2. The monoisotopic (exact) mass is 350 g/mol. The van der Waals surface area contributed by atoms with E-state index in [0.29, 0.717) is 5.75 Å². The lowest BCUT2D eigenvalue weighted by molar-refractivity contribution is 0.316. The highest BCUT2D eigenvalue weighted by molar-refractivity contribution is 7.85. The summed E-state index contributed by atoms with van der Waals surface area (Å²) in [5, 5.41) is 9.41. The summed E-state index contributed by atoms with van der Waals surface area (Å²) < 4.78 is 35.4. The molecule has 6 heteroatoms. The highest BCUT2D eigenvalue weighted by Crippen LogP contribution is 2.33. The fourth-order valence-corrected chi connectivity index (χ4v) is 2.93. The molecular weight excluding hydrogens is 328 g/mol. The van der Waals surface area contributed by atoms with Crippen LogP contribution in [0.2, 0.25) is 0 Å². The zero-order chi connectivity index (χ0) is 17.8. The first-order valence-corrected chi connectivity index (χ1v) is 9.27. The molecule has 0 radical (unpaired) electrons. The smallest absolute Gasteiger partial charge is 0.264 e. The van der Waals surface area contributed by atoms with E-state index in [1.807, 2.05) is 36.4 Å². The van der Waals surface area contributed by atoms with Crippen molar-refractivity contribution in [3.8, 4) is 11.5 Å². The molecule has 0 unspecified atom stereocenters. The Morgan fingerprint density at radius 1 is 0.958 bits per heavy atom. The van der Waals surface area contributed by atoms with E-state index in [4.69, 9.17) is 9.29 Å². The lowest BCUT2D eigenvalue weighted by Gasteiger charge is -2.26. The zero-order valence-corrected chi connectivity index (χ0v) is 14.6. The van der Waals surface area contributed by atoms with Gasteiger partial charge in [0.25, 0.3) is 10.1 Å². The third-order valence-electron chi connectivity index (χ3n) is 3.98. The number of phenols is 1. The van der Waals surface area contributed by atoms with Crippen molar-refractivity contribution >= 4 is 10.1 Å². The fourth-order valence-electron chi connectivity index (χ4n) is 2.44. The van der Waals surface area contributed by atoms with Crippen molar-refractivity contribution in [2.24, 2.45) is 0 Å². The summed E-state index contributed by atoms with van der Waals surface area (Å²) in [4.78, 5) is 0. The summed E-state index contributed by atoms with van der Waals surface area (Å²) in [5.41, 5.74) is 1.96. The van der Waals surface area contributed by atoms with E-state index in [9.17, 15) is 13.5 Å². The van der Waals surface area contributed by atoms with Crippen molar-refractivity contribution in [2.75, 3.05) is 12.4 Å². The largest absolute Gasteiger partial charge is 0.508 e. The Hall–Kier alpha value is -2.05. The van der Waals surface area contributed by atoms with Gasteiger partial charge in [-0.15, -0.1) is 0 Å². The molecule has 2 aromatic rings. The van der Waals surface area contributed by atoms with Crippen molar-refractivity contribution in [1.82, 2.24) is 0 Å². The Labute approximate surface area is 142 Å². The summed E-state index contributed by atoms with van der Waals surface area (Å²) in [5.74, 6) is 0.581. The van der Waals surface area contributed by atoms with E-state index in [1.165, 1.54) is 0 Å². The van der Waals surface area contributed by atoms with Crippen molar-refractivity contribution < 1.29 is 22.8 Å². The highest BCUT2D eigenvalue weighted by atomic mass is 32.2. The lowest BCUT2D eigenvalue weighted by Crippen LogP contribution is -2.18. The second-order valence-corrected chi connectivity index (χ2v) is 7.76. The third kappa shape index (κ3) is 4.97. The molecule has 0 aliphatic heterocycles. The molecule has 0 atom stereocenters. The minimum absolute atomic E-state index is 0.223. The van der Waals surface area contributed by atoms with E-state index in [-0.39, 0.29) is 29.9 Å². The average molecular weight is 350 g/mol. The van der Waals surface area contributed by atoms with Gasteiger partial charge in [-0.2, -0.15) is 8.42 Å². The van der Waals surface area contributed by atoms with Crippen LogP contribution >= 0.6 is 0 Å². The molecule has 2 aromatic carbocycles. The number of ether oxygens (including phenoxy) is 1. The van der Waals surface area contributed by atoms with Gasteiger partial charge >= 0.3 is 0 Å². The third-order valence-corrected chi connectivity index (χ3v) is 4.78. The second-order valence-electron chi connectivity index (χ2n) is 6.18. The van der Waals surface area contributed by atoms with Gasteiger partial charge < -0.3 is 9.84 Å². The predicted octanol–water partition coefficient (Wildman–Crippen LogP) is 3.37. The molecule has 0 fully saturated rings. The van der Waals surface area contributed by atoms with Gasteiger partial charge in [0.15, 0.2) is 0 Å². The van der Waals surface area contributed by atoms with Crippen LogP contribution in [0.4, 0.5) is 0 Å². The topological polar surface area (TPSA) is 83.8 Å². The van der Waals surface area contributed by atoms with Crippen LogP contribution in [0.1, 0.15) is 31.4 Å². The van der Waals surface area contributed by atoms with E-state index in [1.54, 1.807) is 12.1 Å². The molecule has 0 spiro atoms. The molecule has 0 bridgehead atoms. The Kier molecular flexibility index (Phi) is 5.51. The number of hydrogen-bond acceptors (Lipinski definition) is 4. The summed E-state index contributed by atoms with van der Waals surface area (Å²) in [6.07, 6.45) is 0.236. The number of aromatic hydroxyl groups is 1. The van der Waals surface area contributed by atoms with E-state index < -0.39 is 10.1 Å². The summed E-state index contributed by atoms with van der Waals surface area (Å²) >= 11 is 0. The first-order chi connectivity index (χ1) is 11.2. The van der Waals surface area contributed by atoms with Crippen LogP contribution in [0, 0.1) is 0 Å². The van der Waals surface area contributed by atoms with Crippen molar-refractivity contribution in [3.05, 3.63) is 59.7 Å². The first-order valence-electron chi connectivity index (χ1n) is 7.66. The van der Waals surface area contributed by atoms with Crippen molar-refractivity contribution in [3.63, 3.8) is 0 Å². The summed E-state index contributed by atoms with van der Waals surface area (Å²) in [7, 11) is -3.94. The van der Waals surface area contributed by atoms with Gasteiger partial charge in [0.05, 0.1) is 12.4 Å². The van der Waals surface area contributed by atoms with Gasteiger partial charge in [0.2, 0.25) is 0 Å². The predicted molar refractivity (Wildman–Crippen MR) is 93.2 cm³/mol. The minimum Gasteiger partial charge on any atom is -0.508 e. The number of rotatable bonds is 7. The quantitative estimate of drug-likeness (QED) is 0.591. The molecule has 0 amide bonds. The van der Waals surface area contributed by atoms with Gasteiger partial charge in [-0.1, -0.05) is 38.1 Å². The van der Waals surface area contributed by atoms with Gasteiger partial charge in [-0.25, -0.2) is 0 Å². The second kappa shape index (κ2) is 7.23. The molecule has 24 heavy (non-hydrogen) atoms. The molecule has 2 N–H and O–H groups in total. The number of hydrogen-bond donors (Lipinski definition) is 2. The van der Waals surface area contributed by atoms with Gasteiger partial charge in [-0.3, -0.25) is 4.55 Å². The Balaban J connectivity index is 2.01. The molecule has 0 aliphatic carbocycles. The van der Waals surface area contributed by atoms with Crippen molar-refractivity contribution in [1.29, 1.82) is 0 Å². The van der Waals surface area contributed by atoms with Crippen LogP contribution in [0.3, 0.4) is 0 Å². The Morgan fingerprint density at radius 2 is 1.46 bits per heavy atom. The Morgan fingerprint density at radius 3 is 1.96 bits per heavy atom. The maximum absolute atomic E-state index is 10.6. The molecule has 2 rings (SSSR count). The number of phenolic OH excluding ortho intramolecular Hbond substituents is 1. The maximum atomic E-state index is 10.6. The van der Waals surface area contributed by atoms with Crippen LogP contribution in [0.25, 0.3) is 0 Å². The normalized spacial score (nSPS) is 12.1. The van der Waals surface area contributed by atoms with Crippen LogP contribution in [-0.2, 0) is 15.5 Å². The first kappa shape index (κ1) is 18.3. The zero-order valence-electron chi connectivity index (χ0n) is 13.8. The van der Waals surface area contributed by atoms with Crippen molar-refractivity contribution in [2.45, 2.75) is 25.7 Å². The highest BCUT2D eigenvalue weighted by Gasteiger charge is 2.23.